The Morgan fingerprint density at radius 3 is 2.73 bits per heavy atom. The zero-order valence-corrected chi connectivity index (χ0v) is 15.8. The van der Waals surface area contributed by atoms with E-state index in [1.54, 1.807) is 30.1 Å². The molecule has 8 heteroatoms. The predicted molar refractivity (Wildman–Crippen MR) is 96.9 cm³/mol. The maximum absolute atomic E-state index is 11.9. The van der Waals surface area contributed by atoms with Crippen LogP contribution in [0.4, 0.5) is 0 Å². The van der Waals surface area contributed by atoms with Crippen molar-refractivity contribution in [1.82, 2.24) is 13.5 Å². The maximum Gasteiger partial charge on any atom is 0.261 e. The van der Waals surface area contributed by atoms with Gasteiger partial charge in [-0.2, -0.15) is 0 Å². The molecule has 5 nitrogen and oxygen atoms in total. The summed E-state index contributed by atoms with van der Waals surface area (Å²) in [5.41, 5.74) is 1.39. The first-order valence-corrected chi connectivity index (χ1v) is 9.02. The smallest absolute Gasteiger partial charge is 0.261 e. The second-order valence-electron chi connectivity index (χ2n) is 3.77. The van der Waals surface area contributed by atoms with Crippen LogP contribution in [0, 0.1) is 0 Å². The van der Waals surface area contributed by atoms with Gasteiger partial charge in [-0.3, -0.25) is 9.14 Å². The van der Waals surface area contributed by atoms with E-state index in [1.807, 2.05) is 32.2 Å². The molecule has 0 radical (unpaired) electrons. The Bertz CT molecular complexity index is 620. The molecular weight excluding hydrogens is 386 g/mol. The van der Waals surface area contributed by atoms with Crippen molar-refractivity contribution >= 4 is 46.6 Å². The van der Waals surface area contributed by atoms with Gasteiger partial charge in [0.2, 0.25) is 5.88 Å². The zero-order chi connectivity index (χ0) is 16.5. The van der Waals surface area contributed by atoms with Crippen molar-refractivity contribution in [1.29, 1.82) is 0 Å². The topological polar surface area (TPSA) is 56.1 Å². The molecule has 0 unspecified atom stereocenters. The molecule has 1 aromatic heterocycles. The highest BCUT2D eigenvalue weighted by atomic mass is 79.9. The summed E-state index contributed by atoms with van der Waals surface area (Å²) in [5, 5.41) is 4.02. The third-order valence-corrected chi connectivity index (χ3v) is 4.00. The lowest BCUT2D eigenvalue weighted by atomic mass is 10.1. The van der Waals surface area contributed by atoms with Crippen LogP contribution in [0.25, 0.3) is 0 Å². The minimum absolute atomic E-state index is 0.209. The largest absolute Gasteiger partial charge is 0.472 e. The maximum atomic E-state index is 11.9. The molecule has 0 fully saturated rings. The summed E-state index contributed by atoms with van der Waals surface area (Å²) in [7, 11) is 0. The molecule has 0 aliphatic heterocycles. The van der Waals surface area contributed by atoms with Crippen LogP contribution in [-0.2, 0) is 6.61 Å². The Morgan fingerprint density at radius 2 is 2.18 bits per heavy atom. The lowest BCUT2D eigenvalue weighted by molar-refractivity contribution is 0.0983. The fourth-order valence-corrected chi connectivity index (χ4v) is 2.69. The van der Waals surface area contributed by atoms with Crippen LogP contribution in [0.3, 0.4) is 0 Å². The monoisotopic (exact) mass is 403 g/mol. The average molecular weight is 404 g/mol. The van der Waals surface area contributed by atoms with Crippen molar-refractivity contribution in [2.24, 2.45) is 0 Å². The summed E-state index contributed by atoms with van der Waals surface area (Å²) in [6.07, 6.45) is 3.63. The summed E-state index contributed by atoms with van der Waals surface area (Å²) < 4.78 is 9.42. The van der Waals surface area contributed by atoms with Crippen molar-refractivity contribution in [3.05, 3.63) is 41.6 Å². The van der Waals surface area contributed by atoms with Crippen molar-refractivity contribution in [3.63, 3.8) is 0 Å². The van der Waals surface area contributed by atoms with Gasteiger partial charge in [-0.05, 0) is 31.2 Å². The number of benzene rings is 1. The number of hydrogen-bond donors (Lipinski definition) is 2. The molecule has 0 atom stereocenters. The van der Waals surface area contributed by atoms with E-state index < -0.39 is 0 Å². The lowest BCUT2D eigenvalue weighted by Crippen LogP contribution is -2.16. The van der Waals surface area contributed by atoms with Gasteiger partial charge in [0.25, 0.3) is 5.91 Å². The first-order valence-electron chi connectivity index (χ1n) is 6.60. The molecule has 0 spiro atoms. The third-order valence-electron chi connectivity index (χ3n) is 2.60. The highest BCUT2D eigenvalue weighted by Crippen LogP contribution is 2.25. The molecule has 1 heterocycles. The summed E-state index contributed by atoms with van der Waals surface area (Å²) >= 11 is 8.56. The van der Waals surface area contributed by atoms with Crippen LogP contribution in [0.5, 0.6) is 5.88 Å². The fourth-order valence-electron chi connectivity index (χ4n) is 1.69. The van der Waals surface area contributed by atoms with Gasteiger partial charge in [0.15, 0.2) is 0 Å². The quantitative estimate of drug-likeness (QED) is 0.450. The van der Waals surface area contributed by atoms with E-state index in [-0.39, 0.29) is 12.5 Å². The molecule has 0 saturated carbocycles. The molecule has 2 rings (SSSR count). The van der Waals surface area contributed by atoms with Gasteiger partial charge in [0.05, 0.1) is 0 Å². The minimum Gasteiger partial charge on any atom is -0.472 e. The van der Waals surface area contributed by atoms with E-state index in [0.29, 0.717) is 11.4 Å². The van der Waals surface area contributed by atoms with Crippen LogP contribution in [0.2, 0.25) is 0 Å². The van der Waals surface area contributed by atoms with Gasteiger partial charge in [-0.15, -0.1) is 16.9 Å². The number of amides is 1. The normalized spacial score (nSPS) is 9.68. The van der Waals surface area contributed by atoms with Crippen LogP contribution < -0.4 is 9.08 Å². The van der Waals surface area contributed by atoms with Crippen molar-refractivity contribution in [2.45, 2.75) is 25.3 Å². The third kappa shape index (κ3) is 4.96. The van der Waals surface area contributed by atoms with E-state index in [9.17, 15) is 4.79 Å². The van der Waals surface area contributed by atoms with Crippen LogP contribution in [0.15, 0.2) is 35.4 Å². The number of hydrogen-bond acceptors (Lipinski definition) is 5. The molecule has 22 heavy (non-hydrogen) atoms. The predicted octanol–water partition coefficient (Wildman–Crippen LogP) is 3.94. The van der Waals surface area contributed by atoms with E-state index in [0.717, 1.165) is 10.5 Å². The number of aromatic nitrogens is 2. The fraction of sp³-hybridized carbons (Fsp3) is 0.286. The summed E-state index contributed by atoms with van der Waals surface area (Å²) in [6, 6.07) is 7.26. The number of nitrogens with one attached hydrogen (secondary N) is 1. The van der Waals surface area contributed by atoms with Crippen LogP contribution >= 0.6 is 40.7 Å². The van der Waals surface area contributed by atoms with Crippen LogP contribution in [-0.4, -0.2) is 21.3 Å². The molecule has 1 N–H and O–H groups in total. The van der Waals surface area contributed by atoms with Gasteiger partial charge in [-0.25, -0.2) is 4.09 Å². The Balaban J connectivity index is 0.00000116. The summed E-state index contributed by atoms with van der Waals surface area (Å²) in [4.78, 5) is 12.9. The van der Waals surface area contributed by atoms with E-state index >= 15 is 0 Å². The van der Waals surface area contributed by atoms with E-state index in [4.69, 9.17) is 4.74 Å². The van der Waals surface area contributed by atoms with E-state index in [1.165, 1.54) is 4.09 Å². The second-order valence-corrected chi connectivity index (χ2v) is 5.43. The number of carbonyl (C=O) groups is 1. The van der Waals surface area contributed by atoms with Gasteiger partial charge in [0, 0.05) is 44.4 Å². The number of nitrogens with zero attached hydrogens (tertiary/aromatic N) is 2. The molecule has 1 aromatic carbocycles. The van der Waals surface area contributed by atoms with Gasteiger partial charge in [0.1, 0.15) is 6.61 Å². The number of carbonyl (C=O) groups excluding carboxylic acids is 1. The van der Waals surface area contributed by atoms with Gasteiger partial charge >= 0.3 is 0 Å². The minimum atomic E-state index is -0.209. The molecule has 2 aromatic rings. The molecular formula is C14H18BrN3O2S2. The first kappa shape index (κ1) is 18.9. The molecule has 120 valence electrons. The summed E-state index contributed by atoms with van der Waals surface area (Å²) in [5.74, 6) is 0.250. The van der Waals surface area contributed by atoms with Gasteiger partial charge in [-0.1, -0.05) is 19.9 Å². The van der Waals surface area contributed by atoms with Crippen molar-refractivity contribution < 1.29 is 9.53 Å². The molecule has 0 aliphatic rings. The Hall–Kier alpha value is -1.12. The highest BCUT2D eigenvalue weighted by Gasteiger charge is 2.15. The number of thioether (sulfide) groups is 1. The Morgan fingerprint density at radius 1 is 1.45 bits per heavy atom. The molecule has 0 aliphatic carbocycles. The number of rotatable bonds is 5. The number of thiol groups is 1. The van der Waals surface area contributed by atoms with Gasteiger partial charge < -0.3 is 4.74 Å². The van der Waals surface area contributed by atoms with E-state index in [2.05, 4.69) is 38.4 Å². The SMILES string of the molecule is CC.CSc1cccc(C(=O)NBr)c1COc1ccn(S)n1. The van der Waals surface area contributed by atoms with Crippen LogP contribution in [0.1, 0.15) is 29.8 Å². The molecule has 0 bridgehead atoms. The highest BCUT2D eigenvalue weighted by molar-refractivity contribution is 9.08. The molecule has 1 amide bonds. The summed E-state index contributed by atoms with van der Waals surface area (Å²) in [6.45, 7) is 4.26. The number of ether oxygens (including phenoxy) is 1. The number of halogens is 1. The standard InChI is InChI=1S/C12H12BrN3O2S2.C2H6/c1-20-10-4-2-3-8(12(17)14-13)9(10)7-18-11-5-6-16(19)15-11;1-2/h2-6,19H,7H2,1H3,(H,14,17);1-2H3. The first-order chi connectivity index (χ1) is 10.7. The van der Waals surface area contributed by atoms with Crippen molar-refractivity contribution in [3.8, 4) is 5.88 Å². The Labute approximate surface area is 148 Å². The second kappa shape index (κ2) is 9.81. The van der Waals surface area contributed by atoms with Crippen molar-refractivity contribution in [2.75, 3.05) is 6.26 Å². The Kier molecular flexibility index (Phi) is 8.44. The lowest BCUT2D eigenvalue weighted by Gasteiger charge is -2.12. The zero-order valence-electron chi connectivity index (χ0n) is 12.5. The molecule has 0 saturated heterocycles. The average Bonchev–Trinajstić information content (AvgIpc) is 2.99.